The molecular formula is C18H28N8O4. The molecule has 2 aromatic rings. The monoisotopic (exact) mass is 420 g/mol. The third-order valence-electron chi connectivity index (χ3n) is 5.18. The van der Waals surface area contributed by atoms with Gasteiger partial charge in [0.05, 0.1) is 0 Å². The lowest BCUT2D eigenvalue weighted by molar-refractivity contribution is 0.176. The molecule has 2 fully saturated rings. The van der Waals surface area contributed by atoms with Crippen molar-refractivity contribution < 1.29 is 10.4 Å². The van der Waals surface area contributed by atoms with Crippen LogP contribution in [0, 0.1) is 0 Å². The molecule has 4 rings (SSSR count). The van der Waals surface area contributed by atoms with E-state index >= 15 is 0 Å². The number of nitrogen functional groups attached to an aromatic ring is 2. The van der Waals surface area contributed by atoms with Crippen LogP contribution in [0.25, 0.3) is 0 Å². The summed E-state index contributed by atoms with van der Waals surface area (Å²) < 4.78 is 0.709. The maximum atomic E-state index is 11.3. The Labute approximate surface area is 172 Å². The van der Waals surface area contributed by atoms with Gasteiger partial charge in [-0.1, -0.05) is 0 Å². The molecular weight excluding hydrogens is 392 g/mol. The standard InChI is InChI=1S/2C9H14N4O2/c10-9-11-7(6-8(14)13(9)15)12-4-2-1-3-5-12;10-7-6-8(11-9(14)13(7)15)12-4-2-1-3-5-12/h6,15H,1-5H2,(H2,10,11);6,15H,1-5,10H2. The third kappa shape index (κ3) is 4.93. The molecule has 0 radical (unpaired) electrons. The molecule has 2 aliphatic rings. The molecule has 0 saturated carbocycles. The zero-order valence-electron chi connectivity index (χ0n) is 16.8. The summed E-state index contributed by atoms with van der Waals surface area (Å²) in [4.78, 5) is 34.2. The fourth-order valence-corrected chi connectivity index (χ4v) is 3.53. The highest BCUT2D eigenvalue weighted by molar-refractivity contribution is 5.46. The number of hydrogen-bond donors (Lipinski definition) is 4. The minimum absolute atomic E-state index is 0.0237. The van der Waals surface area contributed by atoms with E-state index < -0.39 is 11.2 Å². The first-order chi connectivity index (χ1) is 14.4. The molecule has 0 atom stereocenters. The van der Waals surface area contributed by atoms with Gasteiger partial charge in [-0.15, -0.1) is 9.46 Å². The van der Waals surface area contributed by atoms with Gasteiger partial charge in [0, 0.05) is 38.3 Å². The van der Waals surface area contributed by atoms with Crippen LogP contribution in [-0.4, -0.2) is 56.0 Å². The lowest BCUT2D eigenvalue weighted by Gasteiger charge is -2.27. The van der Waals surface area contributed by atoms with E-state index in [-0.39, 0.29) is 11.8 Å². The smallest absolute Gasteiger partial charge is 0.384 e. The first-order valence-corrected chi connectivity index (χ1v) is 10.0. The average Bonchev–Trinajstić information content (AvgIpc) is 2.77. The molecule has 12 heteroatoms. The second-order valence-electron chi connectivity index (χ2n) is 7.35. The molecule has 2 aliphatic heterocycles. The van der Waals surface area contributed by atoms with Crippen molar-refractivity contribution in [2.75, 3.05) is 47.4 Å². The molecule has 4 heterocycles. The minimum atomic E-state index is -0.726. The Kier molecular flexibility index (Phi) is 6.65. The van der Waals surface area contributed by atoms with Crippen LogP contribution >= 0.6 is 0 Å². The summed E-state index contributed by atoms with van der Waals surface area (Å²) in [6.45, 7) is 3.56. The van der Waals surface area contributed by atoms with Gasteiger partial charge in [0.1, 0.15) is 17.5 Å². The van der Waals surface area contributed by atoms with Crippen molar-refractivity contribution in [2.24, 2.45) is 0 Å². The summed E-state index contributed by atoms with van der Waals surface area (Å²) >= 11 is 0. The molecule has 2 saturated heterocycles. The highest BCUT2D eigenvalue weighted by Crippen LogP contribution is 2.18. The number of hydrogen-bond acceptors (Lipinski definition) is 10. The van der Waals surface area contributed by atoms with Crippen molar-refractivity contribution in [1.29, 1.82) is 0 Å². The number of nitrogens with two attached hydrogens (primary N) is 2. The summed E-state index contributed by atoms with van der Waals surface area (Å²) in [5.74, 6) is 0.976. The van der Waals surface area contributed by atoms with Gasteiger partial charge in [-0.2, -0.15) is 9.97 Å². The maximum absolute atomic E-state index is 11.3. The van der Waals surface area contributed by atoms with Crippen LogP contribution < -0.4 is 32.5 Å². The Balaban J connectivity index is 0.000000171. The summed E-state index contributed by atoms with van der Waals surface area (Å²) in [6, 6.07) is 2.83. The van der Waals surface area contributed by atoms with Crippen molar-refractivity contribution in [3.05, 3.63) is 33.0 Å². The Morgan fingerprint density at radius 2 is 1.23 bits per heavy atom. The fraction of sp³-hybridized carbons (Fsp3) is 0.556. The quantitative estimate of drug-likeness (QED) is 0.489. The fourth-order valence-electron chi connectivity index (χ4n) is 3.53. The third-order valence-corrected chi connectivity index (χ3v) is 5.18. The second kappa shape index (κ2) is 9.37. The average molecular weight is 420 g/mol. The predicted molar refractivity (Wildman–Crippen MR) is 112 cm³/mol. The van der Waals surface area contributed by atoms with E-state index in [0.717, 1.165) is 51.9 Å². The van der Waals surface area contributed by atoms with Crippen molar-refractivity contribution >= 4 is 23.4 Å². The number of piperidine rings is 2. The van der Waals surface area contributed by atoms with E-state index in [0.29, 0.717) is 21.1 Å². The van der Waals surface area contributed by atoms with Gasteiger partial charge < -0.3 is 31.7 Å². The molecule has 0 aliphatic carbocycles. The SMILES string of the molecule is Nc1cc(N2CCCCC2)nc(=O)n1O.Nc1nc(N2CCCCC2)cc(=O)n1O. The van der Waals surface area contributed by atoms with Crippen molar-refractivity contribution in [3.63, 3.8) is 0 Å². The molecule has 30 heavy (non-hydrogen) atoms. The predicted octanol–water partition coefficient (Wildman–Crippen LogP) is 0.106. The number of rotatable bonds is 2. The van der Waals surface area contributed by atoms with Crippen LogP contribution in [0.3, 0.4) is 0 Å². The van der Waals surface area contributed by atoms with Crippen LogP contribution in [0.15, 0.2) is 21.7 Å². The van der Waals surface area contributed by atoms with Crippen molar-refractivity contribution in [2.45, 2.75) is 38.5 Å². The van der Waals surface area contributed by atoms with E-state index in [2.05, 4.69) is 9.97 Å². The molecule has 2 aromatic heterocycles. The van der Waals surface area contributed by atoms with Gasteiger partial charge in [0.15, 0.2) is 0 Å². The lowest BCUT2D eigenvalue weighted by atomic mass is 10.1. The van der Waals surface area contributed by atoms with Gasteiger partial charge in [0.25, 0.3) is 5.56 Å². The van der Waals surface area contributed by atoms with Gasteiger partial charge in [0.2, 0.25) is 5.95 Å². The van der Waals surface area contributed by atoms with Gasteiger partial charge >= 0.3 is 5.69 Å². The Morgan fingerprint density at radius 1 is 0.733 bits per heavy atom. The van der Waals surface area contributed by atoms with Gasteiger partial charge in [-0.05, 0) is 38.5 Å². The largest absolute Gasteiger partial charge is 0.422 e. The Morgan fingerprint density at radius 3 is 1.70 bits per heavy atom. The summed E-state index contributed by atoms with van der Waals surface area (Å²) in [5, 5.41) is 18.3. The normalized spacial score (nSPS) is 16.7. The zero-order valence-corrected chi connectivity index (χ0v) is 16.8. The number of aromatic nitrogens is 4. The zero-order chi connectivity index (χ0) is 21.7. The highest BCUT2D eigenvalue weighted by atomic mass is 16.5. The maximum Gasteiger partial charge on any atom is 0.384 e. The molecule has 12 nitrogen and oxygen atoms in total. The molecule has 6 N–H and O–H groups in total. The van der Waals surface area contributed by atoms with E-state index in [1.165, 1.54) is 25.0 Å². The summed E-state index contributed by atoms with van der Waals surface area (Å²) in [6.07, 6.45) is 6.83. The van der Waals surface area contributed by atoms with Gasteiger partial charge in [-0.25, -0.2) is 4.79 Å². The van der Waals surface area contributed by atoms with Crippen LogP contribution in [0.1, 0.15) is 38.5 Å². The Hall–Kier alpha value is -3.44. The van der Waals surface area contributed by atoms with Crippen molar-refractivity contribution in [3.8, 4) is 0 Å². The topological polar surface area (TPSA) is 169 Å². The van der Waals surface area contributed by atoms with E-state index in [1.807, 2.05) is 9.80 Å². The van der Waals surface area contributed by atoms with Crippen LogP contribution in [0.2, 0.25) is 0 Å². The summed E-state index contributed by atoms with van der Waals surface area (Å²) in [5.41, 5.74) is 9.61. The lowest BCUT2D eigenvalue weighted by Crippen LogP contribution is -2.33. The molecule has 0 spiro atoms. The first kappa shape index (κ1) is 21.3. The number of nitrogens with zero attached hydrogens (tertiary/aromatic N) is 6. The number of anilines is 4. The van der Waals surface area contributed by atoms with E-state index in [9.17, 15) is 9.59 Å². The van der Waals surface area contributed by atoms with Crippen LogP contribution in [0.4, 0.5) is 23.4 Å². The van der Waals surface area contributed by atoms with Gasteiger partial charge in [-0.3, -0.25) is 4.79 Å². The molecule has 0 bridgehead atoms. The minimum Gasteiger partial charge on any atom is -0.422 e. The highest BCUT2D eigenvalue weighted by Gasteiger charge is 2.15. The Bertz CT molecular complexity index is 898. The molecule has 164 valence electrons. The van der Waals surface area contributed by atoms with Crippen LogP contribution in [0.5, 0.6) is 0 Å². The second-order valence-corrected chi connectivity index (χ2v) is 7.35. The molecule has 0 amide bonds. The first-order valence-electron chi connectivity index (χ1n) is 10.0. The van der Waals surface area contributed by atoms with Crippen LogP contribution in [-0.2, 0) is 0 Å². The molecule has 0 unspecified atom stereocenters. The molecule has 0 aromatic carbocycles. The van der Waals surface area contributed by atoms with Crippen molar-refractivity contribution in [1.82, 2.24) is 19.4 Å². The summed E-state index contributed by atoms with van der Waals surface area (Å²) in [7, 11) is 0. The van der Waals surface area contributed by atoms with E-state index in [1.54, 1.807) is 0 Å². The van der Waals surface area contributed by atoms with E-state index in [4.69, 9.17) is 21.9 Å².